The Morgan fingerprint density at radius 1 is 1.19 bits per heavy atom. The van der Waals surface area contributed by atoms with Crippen molar-refractivity contribution < 1.29 is 0 Å². The number of benzene rings is 1. The maximum absolute atomic E-state index is 6.04. The van der Waals surface area contributed by atoms with Crippen molar-refractivity contribution >= 4 is 28.2 Å². The molecule has 0 saturated carbocycles. The zero-order valence-corrected chi connectivity index (χ0v) is 9.65. The molecule has 0 N–H and O–H groups in total. The zero-order valence-electron chi connectivity index (χ0n) is 8.90. The van der Waals surface area contributed by atoms with Gasteiger partial charge in [0, 0.05) is 5.39 Å². The summed E-state index contributed by atoms with van der Waals surface area (Å²) in [5.74, 6) is 0.692. The number of aromatic nitrogens is 4. The van der Waals surface area contributed by atoms with E-state index in [1.165, 1.54) is 5.56 Å². The average molecular weight is 233 g/mol. The van der Waals surface area contributed by atoms with E-state index in [9.17, 15) is 0 Å². The van der Waals surface area contributed by atoms with Gasteiger partial charge in [-0.2, -0.15) is 4.52 Å². The number of aryl methyl sites for hydroxylation is 2. The van der Waals surface area contributed by atoms with Crippen molar-refractivity contribution in [2.45, 2.75) is 13.8 Å². The Balaban J connectivity index is 2.59. The molecule has 0 atom stereocenters. The van der Waals surface area contributed by atoms with Crippen LogP contribution >= 0.6 is 11.6 Å². The summed E-state index contributed by atoms with van der Waals surface area (Å²) in [4.78, 5) is 8.65. The molecule has 0 unspecified atom stereocenters. The van der Waals surface area contributed by atoms with Gasteiger partial charge < -0.3 is 0 Å². The van der Waals surface area contributed by atoms with Crippen LogP contribution in [0.2, 0.25) is 5.28 Å². The molecule has 0 spiro atoms. The Morgan fingerprint density at radius 2 is 2.00 bits per heavy atom. The van der Waals surface area contributed by atoms with E-state index >= 15 is 0 Å². The lowest BCUT2D eigenvalue weighted by atomic mass is 10.2. The zero-order chi connectivity index (χ0) is 11.3. The van der Waals surface area contributed by atoms with Crippen molar-refractivity contribution in [3.05, 3.63) is 34.9 Å². The first kappa shape index (κ1) is 9.54. The van der Waals surface area contributed by atoms with Gasteiger partial charge in [-0.1, -0.05) is 11.6 Å². The fraction of sp³-hybridized carbons (Fsp3) is 0.182. The van der Waals surface area contributed by atoms with Crippen LogP contribution in [0.15, 0.2) is 18.2 Å². The Kier molecular flexibility index (Phi) is 1.88. The van der Waals surface area contributed by atoms with Gasteiger partial charge in [0.2, 0.25) is 5.28 Å². The quantitative estimate of drug-likeness (QED) is 0.560. The van der Waals surface area contributed by atoms with Gasteiger partial charge in [-0.15, -0.1) is 5.10 Å². The molecule has 2 heterocycles. The van der Waals surface area contributed by atoms with E-state index in [2.05, 4.69) is 15.1 Å². The summed E-state index contributed by atoms with van der Waals surface area (Å²) in [7, 11) is 0. The predicted molar refractivity (Wildman–Crippen MR) is 62.8 cm³/mol. The molecule has 4 nitrogen and oxygen atoms in total. The van der Waals surface area contributed by atoms with Crippen molar-refractivity contribution in [1.82, 2.24) is 19.6 Å². The standard InChI is InChI=1S/C11H9ClN4/c1-6-3-4-9-8(5-6)10-13-7(2)15-16(10)11(12)14-9/h3-5H,1-2H3. The summed E-state index contributed by atoms with van der Waals surface area (Å²) in [5, 5.41) is 5.52. The van der Waals surface area contributed by atoms with Gasteiger partial charge in [-0.25, -0.2) is 9.97 Å². The molecule has 0 fully saturated rings. The van der Waals surface area contributed by atoms with E-state index in [0.717, 1.165) is 16.6 Å². The van der Waals surface area contributed by atoms with Gasteiger partial charge in [-0.05, 0) is 37.6 Å². The molecule has 0 saturated heterocycles. The van der Waals surface area contributed by atoms with E-state index in [0.29, 0.717) is 11.1 Å². The van der Waals surface area contributed by atoms with Gasteiger partial charge >= 0.3 is 0 Å². The summed E-state index contributed by atoms with van der Waals surface area (Å²) in [6.07, 6.45) is 0. The second-order valence-electron chi connectivity index (χ2n) is 3.80. The number of rotatable bonds is 0. The fourth-order valence-corrected chi connectivity index (χ4v) is 2.00. The first-order valence-electron chi connectivity index (χ1n) is 4.94. The first-order valence-corrected chi connectivity index (χ1v) is 5.32. The minimum Gasteiger partial charge on any atom is -0.218 e. The summed E-state index contributed by atoms with van der Waals surface area (Å²) < 4.78 is 1.57. The van der Waals surface area contributed by atoms with Gasteiger partial charge in [0.15, 0.2) is 5.65 Å². The van der Waals surface area contributed by atoms with Crippen LogP contribution in [-0.2, 0) is 0 Å². The molecule has 3 rings (SSSR count). The number of fused-ring (bicyclic) bond motifs is 3. The van der Waals surface area contributed by atoms with Crippen LogP contribution in [-0.4, -0.2) is 19.6 Å². The molecule has 16 heavy (non-hydrogen) atoms. The fourth-order valence-electron chi connectivity index (χ4n) is 1.79. The van der Waals surface area contributed by atoms with Crippen LogP contribution in [0.25, 0.3) is 16.6 Å². The van der Waals surface area contributed by atoms with E-state index in [-0.39, 0.29) is 0 Å². The molecule has 5 heteroatoms. The highest BCUT2D eigenvalue weighted by Crippen LogP contribution is 2.21. The highest BCUT2D eigenvalue weighted by molar-refractivity contribution is 6.29. The molecule has 0 aliphatic carbocycles. The Bertz CT molecular complexity index is 702. The lowest BCUT2D eigenvalue weighted by molar-refractivity contribution is 0.909. The highest BCUT2D eigenvalue weighted by Gasteiger charge is 2.10. The van der Waals surface area contributed by atoms with E-state index in [4.69, 9.17) is 11.6 Å². The van der Waals surface area contributed by atoms with Crippen molar-refractivity contribution in [3.63, 3.8) is 0 Å². The second kappa shape index (κ2) is 3.15. The third-order valence-electron chi connectivity index (χ3n) is 2.49. The summed E-state index contributed by atoms with van der Waals surface area (Å²) in [6, 6.07) is 5.99. The molecule has 0 aliphatic heterocycles. The van der Waals surface area contributed by atoms with Crippen molar-refractivity contribution in [1.29, 1.82) is 0 Å². The van der Waals surface area contributed by atoms with Crippen LogP contribution < -0.4 is 0 Å². The van der Waals surface area contributed by atoms with E-state index in [1.807, 2.05) is 32.0 Å². The summed E-state index contributed by atoms with van der Waals surface area (Å²) in [6.45, 7) is 3.87. The van der Waals surface area contributed by atoms with Crippen molar-refractivity contribution in [3.8, 4) is 0 Å². The molecule has 2 aromatic heterocycles. The van der Waals surface area contributed by atoms with Crippen LogP contribution in [0.1, 0.15) is 11.4 Å². The van der Waals surface area contributed by atoms with Gasteiger partial charge in [0.1, 0.15) is 5.82 Å². The van der Waals surface area contributed by atoms with Crippen LogP contribution in [0.3, 0.4) is 0 Å². The molecular weight excluding hydrogens is 224 g/mol. The summed E-state index contributed by atoms with van der Waals surface area (Å²) in [5.41, 5.74) is 2.77. The third-order valence-corrected chi connectivity index (χ3v) is 2.74. The predicted octanol–water partition coefficient (Wildman–Crippen LogP) is 2.55. The van der Waals surface area contributed by atoms with Crippen LogP contribution in [0.4, 0.5) is 0 Å². The Morgan fingerprint density at radius 3 is 2.81 bits per heavy atom. The van der Waals surface area contributed by atoms with Crippen LogP contribution in [0, 0.1) is 13.8 Å². The number of halogens is 1. The topological polar surface area (TPSA) is 43.1 Å². The molecule has 0 bridgehead atoms. The number of hydrogen-bond donors (Lipinski definition) is 0. The lowest BCUT2D eigenvalue weighted by Gasteiger charge is -2.01. The molecule has 80 valence electrons. The lowest BCUT2D eigenvalue weighted by Crippen LogP contribution is -1.95. The molecule has 1 aromatic carbocycles. The Labute approximate surface area is 96.9 Å². The molecule has 0 amide bonds. The van der Waals surface area contributed by atoms with E-state index in [1.54, 1.807) is 4.52 Å². The highest BCUT2D eigenvalue weighted by atomic mass is 35.5. The third kappa shape index (κ3) is 1.27. The number of nitrogens with zero attached hydrogens (tertiary/aromatic N) is 4. The largest absolute Gasteiger partial charge is 0.226 e. The van der Waals surface area contributed by atoms with Gasteiger partial charge in [-0.3, -0.25) is 0 Å². The van der Waals surface area contributed by atoms with Crippen molar-refractivity contribution in [2.24, 2.45) is 0 Å². The normalized spacial score (nSPS) is 11.4. The maximum atomic E-state index is 6.04. The summed E-state index contributed by atoms with van der Waals surface area (Å²) >= 11 is 6.04. The minimum atomic E-state index is 0.340. The van der Waals surface area contributed by atoms with Gasteiger partial charge in [0.05, 0.1) is 5.52 Å². The monoisotopic (exact) mass is 232 g/mol. The smallest absolute Gasteiger partial charge is 0.218 e. The first-order chi connectivity index (χ1) is 7.65. The minimum absolute atomic E-state index is 0.340. The van der Waals surface area contributed by atoms with Gasteiger partial charge in [0.25, 0.3) is 0 Å². The molecule has 3 aromatic rings. The second-order valence-corrected chi connectivity index (χ2v) is 4.13. The molecular formula is C11H9ClN4. The van der Waals surface area contributed by atoms with Crippen LogP contribution in [0.5, 0.6) is 0 Å². The Hall–Kier alpha value is -1.68. The van der Waals surface area contributed by atoms with E-state index < -0.39 is 0 Å². The SMILES string of the molecule is Cc1ccc2nc(Cl)n3nc(C)nc3c2c1. The number of hydrogen-bond acceptors (Lipinski definition) is 3. The maximum Gasteiger partial charge on any atom is 0.226 e. The molecule has 0 radical (unpaired) electrons. The van der Waals surface area contributed by atoms with Crippen molar-refractivity contribution in [2.75, 3.05) is 0 Å². The average Bonchev–Trinajstić information content (AvgIpc) is 2.62. The molecule has 0 aliphatic rings.